The summed E-state index contributed by atoms with van der Waals surface area (Å²) < 4.78 is 11.7. The van der Waals surface area contributed by atoms with Gasteiger partial charge in [0.05, 0.1) is 24.8 Å². The predicted molar refractivity (Wildman–Crippen MR) is 153 cm³/mol. The SMILES string of the molecule is CCCCCOc1ccc(C2/C(=C(\O)c3cccc(OCCCC)c3)C(=O)C(=O)N2Cc2ccccc2)cc1. The number of aliphatic hydroxyl groups excluding tert-OH is 1. The fourth-order valence-electron chi connectivity index (χ4n) is 4.68. The van der Waals surface area contributed by atoms with E-state index in [9.17, 15) is 14.7 Å². The molecule has 6 nitrogen and oxygen atoms in total. The van der Waals surface area contributed by atoms with Crippen molar-refractivity contribution in [3.8, 4) is 11.5 Å². The molecule has 1 aliphatic heterocycles. The smallest absolute Gasteiger partial charge is 0.295 e. The quantitative estimate of drug-likeness (QED) is 0.111. The van der Waals surface area contributed by atoms with Gasteiger partial charge in [-0.25, -0.2) is 0 Å². The molecule has 1 amide bonds. The molecule has 0 radical (unpaired) electrons. The third kappa shape index (κ3) is 6.88. The van der Waals surface area contributed by atoms with Gasteiger partial charge in [-0.15, -0.1) is 0 Å². The maximum Gasteiger partial charge on any atom is 0.295 e. The molecule has 39 heavy (non-hydrogen) atoms. The largest absolute Gasteiger partial charge is 0.507 e. The summed E-state index contributed by atoms with van der Waals surface area (Å²) in [6.07, 6.45) is 5.13. The van der Waals surface area contributed by atoms with E-state index < -0.39 is 17.7 Å². The number of nitrogens with zero attached hydrogens (tertiary/aromatic N) is 1. The monoisotopic (exact) mass is 527 g/mol. The van der Waals surface area contributed by atoms with Gasteiger partial charge in [0.1, 0.15) is 17.3 Å². The number of aliphatic hydroxyl groups is 1. The van der Waals surface area contributed by atoms with Crippen LogP contribution in [0.15, 0.2) is 84.4 Å². The summed E-state index contributed by atoms with van der Waals surface area (Å²) in [5.41, 5.74) is 2.12. The van der Waals surface area contributed by atoms with E-state index in [1.165, 1.54) is 4.90 Å². The molecular weight excluding hydrogens is 490 g/mol. The molecule has 1 saturated heterocycles. The van der Waals surface area contributed by atoms with Gasteiger partial charge in [0.2, 0.25) is 0 Å². The number of carbonyl (C=O) groups excluding carboxylic acids is 2. The number of rotatable bonds is 13. The van der Waals surface area contributed by atoms with Crippen molar-refractivity contribution in [3.63, 3.8) is 0 Å². The van der Waals surface area contributed by atoms with Crippen LogP contribution in [0.3, 0.4) is 0 Å². The predicted octanol–water partition coefficient (Wildman–Crippen LogP) is 7.06. The summed E-state index contributed by atoms with van der Waals surface area (Å²) >= 11 is 0. The van der Waals surface area contributed by atoms with Crippen molar-refractivity contribution in [2.45, 2.75) is 58.5 Å². The van der Waals surface area contributed by atoms with E-state index in [-0.39, 0.29) is 17.9 Å². The minimum Gasteiger partial charge on any atom is -0.507 e. The zero-order chi connectivity index (χ0) is 27.6. The van der Waals surface area contributed by atoms with E-state index in [0.29, 0.717) is 24.5 Å². The number of carbonyl (C=O) groups is 2. The lowest BCUT2D eigenvalue weighted by Crippen LogP contribution is -2.29. The number of unbranched alkanes of at least 4 members (excludes halogenated alkanes) is 3. The van der Waals surface area contributed by atoms with Gasteiger partial charge in [-0.3, -0.25) is 9.59 Å². The molecule has 0 aliphatic carbocycles. The van der Waals surface area contributed by atoms with Crippen LogP contribution in [-0.4, -0.2) is 34.9 Å². The molecular formula is C33H37NO5. The van der Waals surface area contributed by atoms with Crippen LogP contribution in [0.1, 0.15) is 68.7 Å². The number of ketones is 1. The molecule has 0 aromatic heterocycles. The van der Waals surface area contributed by atoms with Crippen LogP contribution in [0.25, 0.3) is 5.76 Å². The molecule has 204 valence electrons. The summed E-state index contributed by atoms with van der Waals surface area (Å²) in [5, 5.41) is 11.4. The summed E-state index contributed by atoms with van der Waals surface area (Å²) in [7, 11) is 0. The van der Waals surface area contributed by atoms with Gasteiger partial charge in [-0.1, -0.05) is 87.7 Å². The van der Waals surface area contributed by atoms with E-state index in [1.807, 2.05) is 60.7 Å². The molecule has 0 spiro atoms. The highest BCUT2D eigenvalue weighted by atomic mass is 16.5. The third-order valence-electron chi connectivity index (χ3n) is 6.82. The fourth-order valence-corrected chi connectivity index (χ4v) is 4.68. The summed E-state index contributed by atoms with van der Waals surface area (Å²) in [6, 6.07) is 23.2. The van der Waals surface area contributed by atoms with Crippen LogP contribution < -0.4 is 9.47 Å². The molecule has 1 heterocycles. The number of likely N-dealkylation sites (tertiary alicyclic amines) is 1. The van der Waals surface area contributed by atoms with Crippen LogP contribution in [-0.2, 0) is 16.1 Å². The van der Waals surface area contributed by atoms with Gasteiger partial charge < -0.3 is 19.5 Å². The number of amides is 1. The van der Waals surface area contributed by atoms with Crippen molar-refractivity contribution in [1.29, 1.82) is 0 Å². The van der Waals surface area contributed by atoms with Gasteiger partial charge in [-0.2, -0.15) is 0 Å². The Morgan fingerprint density at radius 2 is 1.49 bits per heavy atom. The summed E-state index contributed by atoms with van der Waals surface area (Å²) in [6.45, 7) is 5.68. The molecule has 0 saturated carbocycles. The van der Waals surface area contributed by atoms with Crippen molar-refractivity contribution in [3.05, 3.63) is 101 Å². The normalized spacial score (nSPS) is 16.5. The first-order valence-corrected chi connectivity index (χ1v) is 13.8. The Labute approximate surface area is 230 Å². The third-order valence-corrected chi connectivity index (χ3v) is 6.82. The molecule has 1 aliphatic rings. The lowest BCUT2D eigenvalue weighted by molar-refractivity contribution is -0.140. The standard InChI is InChI=1S/C33H37NO5/c1-3-5-10-21-38-27-18-16-25(17-19-27)30-29(31(35)26-14-11-15-28(22-26)39-20-6-4-2)32(36)33(37)34(30)23-24-12-8-7-9-13-24/h7-9,11-19,22,30,35H,3-6,10,20-21,23H2,1-2H3/b31-29+. The molecule has 1 atom stereocenters. The summed E-state index contributed by atoms with van der Waals surface area (Å²) in [5.74, 6) is -0.222. The van der Waals surface area contributed by atoms with Gasteiger partial charge in [0.25, 0.3) is 11.7 Å². The van der Waals surface area contributed by atoms with E-state index in [0.717, 1.165) is 49.0 Å². The van der Waals surface area contributed by atoms with Gasteiger partial charge in [0, 0.05) is 12.1 Å². The molecule has 0 bridgehead atoms. The van der Waals surface area contributed by atoms with Crippen molar-refractivity contribution in [1.82, 2.24) is 4.90 Å². The van der Waals surface area contributed by atoms with E-state index in [1.54, 1.807) is 18.2 Å². The van der Waals surface area contributed by atoms with Crippen LogP contribution >= 0.6 is 0 Å². The maximum atomic E-state index is 13.4. The molecule has 3 aromatic carbocycles. The zero-order valence-electron chi connectivity index (χ0n) is 22.8. The Kier molecular flexibility index (Phi) is 9.79. The highest BCUT2D eigenvalue weighted by molar-refractivity contribution is 6.46. The minimum absolute atomic E-state index is 0.0678. The van der Waals surface area contributed by atoms with Crippen molar-refractivity contribution < 1.29 is 24.2 Å². The zero-order valence-corrected chi connectivity index (χ0v) is 22.8. The number of hydrogen-bond donors (Lipinski definition) is 1. The Bertz CT molecular complexity index is 1280. The first kappa shape index (κ1) is 28.0. The van der Waals surface area contributed by atoms with Crippen molar-refractivity contribution >= 4 is 17.4 Å². The first-order valence-electron chi connectivity index (χ1n) is 13.8. The Hall–Kier alpha value is -4.06. The van der Waals surface area contributed by atoms with Crippen LogP contribution in [0, 0.1) is 0 Å². The number of benzene rings is 3. The minimum atomic E-state index is -0.746. The average Bonchev–Trinajstić information content (AvgIpc) is 3.21. The molecule has 1 unspecified atom stereocenters. The highest BCUT2D eigenvalue weighted by Crippen LogP contribution is 2.41. The van der Waals surface area contributed by atoms with Gasteiger partial charge >= 0.3 is 0 Å². The number of ether oxygens (including phenoxy) is 2. The van der Waals surface area contributed by atoms with E-state index >= 15 is 0 Å². The lowest BCUT2D eigenvalue weighted by Gasteiger charge is -2.25. The van der Waals surface area contributed by atoms with Gasteiger partial charge in [-0.05, 0) is 48.2 Å². The number of Topliss-reactive ketones (excluding diaryl/α,β-unsaturated/α-hetero) is 1. The summed E-state index contributed by atoms with van der Waals surface area (Å²) in [4.78, 5) is 28.3. The highest BCUT2D eigenvalue weighted by Gasteiger charge is 2.46. The molecule has 1 fully saturated rings. The topological polar surface area (TPSA) is 76.1 Å². The lowest BCUT2D eigenvalue weighted by atomic mass is 9.95. The average molecular weight is 528 g/mol. The molecule has 6 heteroatoms. The number of hydrogen-bond acceptors (Lipinski definition) is 5. The van der Waals surface area contributed by atoms with Gasteiger partial charge in [0.15, 0.2) is 0 Å². The molecule has 4 rings (SSSR count). The fraction of sp³-hybridized carbons (Fsp3) is 0.333. The molecule has 3 aromatic rings. The second-order valence-corrected chi connectivity index (χ2v) is 9.77. The van der Waals surface area contributed by atoms with Crippen LogP contribution in [0.2, 0.25) is 0 Å². The maximum absolute atomic E-state index is 13.4. The second kappa shape index (κ2) is 13.7. The Balaban J connectivity index is 1.70. The first-order chi connectivity index (χ1) is 19.0. The molecule has 1 N–H and O–H groups in total. The van der Waals surface area contributed by atoms with Crippen molar-refractivity contribution in [2.24, 2.45) is 0 Å². The Morgan fingerprint density at radius 3 is 2.21 bits per heavy atom. The Morgan fingerprint density at radius 1 is 0.795 bits per heavy atom. The van der Waals surface area contributed by atoms with Crippen LogP contribution in [0.5, 0.6) is 11.5 Å². The van der Waals surface area contributed by atoms with Crippen molar-refractivity contribution in [2.75, 3.05) is 13.2 Å². The van der Waals surface area contributed by atoms with E-state index in [2.05, 4.69) is 13.8 Å². The van der Waals surface area contributed by atoms with Crippen LogP contribution in [0.4, 0.5) is 0 Å². The second-order valence-electron chi connectivity index (χ2n) is 9.77. The van der Waals surface area contributed by atoms with E-state index in [4.69, 9.17) is 9.47 Å².